The Morgan fingerprint density at radius 2 is 2.04 bits per heavy atom. The maximum Gasteiger partial charge on any atom is 0.165 e. The number of rotatable bonds is 2. The number of hydrogen-bond acceptors (Lipinski definition) is 7. The van der Waals surface area contributed by atoms with Gasteiger partial charge in [0.2, 0.25) is 0 Å². The molecule has 1 aliphatic heterocycles. The Kier molecular flexibility index (Phi) is 3.70. The van der Waals surface area contributed by atoms with E-state index in [1.54, 1.807) is 10.9 Å². The number of anilines is 1. The van der Waals surface area contributed by atoms with E-state index in [1.165, 1.54) is 0 Å². The molecule has 8 heteroatoms. The molecule has 3 aromatic heterocycles. The number of benzene rings is 1. The standard InChI is InChI=1S/C20H21N7O/c1-11-17-13(9-26(2)25-17)6-16(18(11)28)20-22-7-12-5-15(8-23-19(12)24-20)27-4-3-14(21)10-27/h5-9,14,28H,3-4,10,21H2,1-2H3. The van der Waals surface area contributed by atoms with E-state index in [9.17, 15) is 5.11 Å². The van der Waals surface area contributed by atoms with Gasteiger partial charge in [0.1, 0.15) is 5.75 Å². The van der Waals surface area contributed by atoms with Crippen LogP contribution in [0.25, 0.3) is 33.3 Å². The van der Waals surface area contributed by atoms with Crippen molar-refractivity contribution >= 4 is 27.6 Å². The summed E-state index contributed by atoms with van der Waals surface area (Å²) in [6, 6.07) is 4.12. The quantitative estimate of drug-likeness (QED) is 0.553. The third-order valence-electron chi connectivity index (χ3n) is 5.37. The minimum Gasteiger partial charge on any atom is -0.507 e. The van der Waals surface area contributed by atoms with E-state index in [2.05, 4.69) is 25.0 Å². The second-order valence-electron chi connectivity index (χ2n) is 7.43. The number of phenolic OH excluding ortho intramolecular Hbond substituents is 1. The van der Waals surface area contributed by atoms with Crippen LogP contribution in [0.2, 0.25) is 0 Å². The zero-order valence-electron chi connectivity index (χ0n) is 15.8. The second-order valence-corrected chi connectivity index (χ2v) is 7.43. The van der Waals surface area contributed by atoms with E-state index in [0.717, 1.165) is 41.5 Å². The Morgan fingerprint density at radius 3 is 2.82 bits per heavy atom. The zero-order chi connectivity index (χ0) is 19.4. The summed E-state index contributed by atoms with van der Waals surface area (Å²) in [6.07, 6.45) is 6.49. The van der Waals surface area contributed by atoms with Crippen LogP contribution in [0.3, 0.4) is 0 Å². The van der Waals surface area contributed by atoms with Crippen LogP contribution in [0.15, 0.2) is 30.7 Å². The van der Waals surface area contributed by atoms with E-state index in [4.69, 9.17) is 5.73 Å². The lowest BCUT2D eigenvalue weighted by Gasteiger charge is -2.17. The number of phenols is 1. The van der Waals surface area contributed by atoms with Crippen molar-refractivity contribution < 1.29 is 5.11 Å². The van der Waals surface area contributed by atoms with Gasteiger partial charge in [-0.05, 0) is 25.5 Å². The normalized spacial score (nSPS) is 17.1. The summed E-state index contributed by atoms with van der Waals surface area (Å²) in [5.41, 5.74) is 9.71. The summed E-state index contributed by atoms with van der Waals surface area (Å²) in [6.45, 7) is 3.62. The van der Waals surface area contributed by atoms with E-state index in [-0.39, 0.29) is 11.8 Å². The van der Waals surface area contributed by atoms with Gasteiger partial charge in [0, 0.05) is 54.9 Å². The molecular weight excluding hydrogens is 354 g/mol. The first-order valence-corrected chi connectivity index (χ1v) is 9.29. The number of aromatic nitrogens is 5. The molecule has 4 aromatic rings. The monoisotopic (exact) mass is 375 g/mol. The summed E-state index contributed by atoms with van der Waals surface area (Å²) >= 11 is 0. The van der Waals surface area contributed by atoms with Crippen LogP contribution >= 0.6 is 0 Å². The lowest BCUT2D eigenvalue weighted by atomic mass is 10.1. The molecule has 1 atom stereocenters. The molecule has 1 unspecified atom stereocenters. The van der Waals surface area contributed by atoms with Crippen molar-refractivity contribution in [2.75, 3.05) is 18.0 Å². The minimum atomic E-state index is 0.147. The number of nitrogens with two attached hydrogens (primary N) is 1. The molecule has 5 rings (SSSR count). The Balaban J connectivity index is 1.58. The van der Waals surface area contributed by atoms with Gasteiger partial charge in [-0.2, -0.15) is 5.10 Å². The molecule has 1 saturated heterocycles. The average Bonchev–Trinajstić information content (AvgIpc) is 3.29. The van der Waals surface area contributed by atoms with Gasteiger partial charge < -0.3 is 15.7 Å². The van der Waals surface area contributed by atoms with E-state index >= 15 is 0 Å². The van der Waals surface area contributed by atoms with Gasteiger partial charge in [-0.15, -0.1) is 0 Å². The predicted molar refractivity (Wildman–Crippen MR) is 108 cm³/mol. The first-order valence-electron chi connectivity index (χ1n) is 9.29. The smallest absolute Gasteiger partial charge is 0.165 e. The molecule has 0 saturated carbocycles. The van der Waals surface area contributed by atoms with Gasteiger partial charge in [0.25, 0.3) is 0 Å². The lowest BCUT2D eigenvalue weighted by molar-refractivity contribution is 0.473. The fraction of sp³-hybridized carbons (Fsp3) is 0.300. The van der Waals surface area contributed by atoms with Crippen LogP contribution in [0.5, 0.6) is 5.75 Å². The van der Waals surface area contributed by atoms with E-state index in [0.29, 0.717) is 22.6 Å². The summed E-state index contributed by atoms with van der Waals surface area (Å²) in [7, 11) is 1.86. The molecule has 142 valence electrons. The third kappa shape index (κ3) is 2.65. The molecule has 28 heavy (non-hydrogen) atoms. The summed E-state index contributed by atoms with van der Waals surface area (Å²) in [5, 5.41) is 16.9. The Morgan fingerprint density at radius 1 is 1.18 bits per heavy atom. The highest BCUT2D eigenvalue weighted by molar-refractivity contribution is 5.90. The van der Waals surface area contributed by atoms with E-state index < -0.39 is 0 Å². The van der Waals surface area contributed by atoms with Crippen molar-refractivity contribution in [1.29, 1.82) is 0 Å². The molecule has 1 fully saturated rings. The van der Waals surface area contributed by atoms with E-state index in [1.807, 2.05) is 38.5 Å². The highest BCUT2D eigenvalue weighted by atomic mass is 16.3. The Hall–Kier alpha value is -3.26. The fourth-order valence-corrected chi connectivity index (χ4v) is 3.85. The highest BCUT2D eigenvalue weighted by Gasteiger charge is 2.20. The van der Waals surface area contributed by atoms with Crippen molar-refractivity contribution in [3.8, 4) is 17.1 Å². The van der Waals surface area contributed by atoms with Crippen molar-refractivity contribution in [2.45, 2.75) is 19.4 Å². The van der Waals surface area contributed by atoms with Gasteiger partial charge in [-0.1, -0.05) is 0 Å². The Labute approximate surface area is 161 Å². The number of nitrogens with zero attached hydrogens (tertiary/aromatic N) is 6. The van der Waals surface area contributed by atoms with Gasteiger partial charge in [-0.3, -0.25) is 4.68 Å². The molecule has 8 nitrogen and oxygen atoms in total. The van der Waals surface area contributed by atoms with Crippen molar-refractivity contribution in [2.24, 2.45) is 12.8 Å². The molecule has 0 aliphatic carbocycles. The molecule has 1 aromatic carbocycles. The maximum atomic E-state index is 10.7. The number of aryl methyl sites for hydroxylation is 2. The Bertz CT molecular complexity index is 1220. The topological polar surface area (TPSA) is 106 Å². The van der Waals surface area contributed by atoms with Gasteiger partial charge in [0.15, 0.2) is 11.5 Å². The zero-order valence-corrected chi connectivity index (χ0v) is 15.8. The molecule has 0 amide bonds. The molecule has 3 N–H and O–H groups in total. The number of fused-ring (bicyclic) bond motifs is 2. The SMILES string of the molecule is Cc1c(O)c(-c2ncc3cc(N4CCC(N)C4)cnc3n2)cc2cn(C)nc12. The molecule has 0 spiro atoms. The summed E-state index contributed by atoms with van der Waals surface area (Å²) < 4.78 is 1.73. The lowest BCUT2D eigenvalue weighted by Crippen LogP contribution is -2.26. The van der Waals surface area contributed by atoms with Gasteiger partial charge >= 0.3 is 0 Å². The number of aromatic hydroxyl groups is 1. The molecule has 0 radical (unpaired) electrons. The predicted octanol–water partition coefficient (Wildman–Crippen LogP) is 2.13. The van der Waals surface area contributed by atoms with Crippen molar-refractivity contribution in [3.05, 3.63) is 36.3 Å². The van der Waals surface area contributed by atoms with Crippen molar-refractivity contribution in [1.82, 2.24) is 24.7 Å². The first-order chi connectivity index (χ1) is 13.5. The largest absolute Gasteiger partial charge is 0.507 e. The molecule has 1 aliphatic rings. The van der Waals surface area contributed by atoms with Crippen LogP contribution in [-0.2, 0) is 7.05 Å². The second kappa shape index (κ2) is 6.13. The number of pyridine rings is 1. The highest BCUT2D eigenvalue weighted by Crippen LogP contribution is 2.35. The van der Waals surface area contributed by atoms with Crippen LogP contribution in [0.4, 0.5) is 5.69 Å². The van der Waals surface area contributed by atoms with Gasteiger partial charge in [-0.25, -0.2) is 15.0 Å². The van der Waals surface area contributed by atoms with Crippen LogP contribution in [-0.4, -0.2) is 49.0 Å². The molecular formula is C20H21N7O. The maximum absolute atomic E-state index is 10.7. The molecule has 4 heterocycles. The number of hydrogen-bond donors (Lipinski definition) is 2. The average molecular weight is 375 g/mol. The fourth-order valence-electron chi connectivity index (χ4n) is 3.85. The first kappa shape index (κ1) is 16.9. The third-order valence-corrected chi connectivity index (χ3v) is 5.37. The van der Waals surface area contributed by atoms with Crippen LogP contribution in [0, 0.1) is 6.92 Å². The summed E-state index contributed by atoms with van der Waals surface area (Å²) in [4.78, 5) is 15.8. The van der Waals surface area contributed by atoms with Gasteiger partial charge in [0.05, 0.1) is 23.0 Å². The summed E-state index contributed by atoms with van der Waals surface area (Å²) in [5.74, 6) is 0.593. The van der Waals surface area contributed by atoms with Crippen LogP contribution < -0.4 is 10.6 Å². The van der Waals surface area contributed by atoms with Crippen LogP contribution in [0.1, 0.15) is 12.0 Å². The molecule has 0 bridgehead atoms. The van der Waals surface area contributed by atoms with Crippen molar-refractivity contribution in [3.63, 3.8) is 0 Å². The minimum absolute atomic E-state index is 0.147.